The molecule has 0 bridgehead atoms. The Morgan fingerprint density at radius 2 is 2.13 bits per heavy atom. The van der Waals surface area contributed by atoms with Crippen molar-refractivity contribution in [1.29, 1.82) is 0 Å². The molecule has 0 radical (unpaired) electrons. The van der Waals surface area contributed by atoms with Crippen LogP contribution in [0.1, 0.15) is 11.3 Å². The van der Waals surface area contributed by atoms with Crippen LogP contribution in [-0.4, -0.2) is 14.6 Å². The van der Waals surface area contributed by atoms with Crippen molar-refractivity contribution in [3.05, 3.63) is 28.0 Å². The third kappa shape index (κ3) is 1.37. The van der Waals surface area contributed by atoms with E-state index in [1.54, 1.807) is 0 Å². The summed E-state index contributed by atoms with van der Waals surface area (Å²) >= 11 is 0. The Balaban J connectivity index is 2.88. The van der Waals surface area contributed by atoms with Gasteiger partial charge in [-0.15, -0.1) is 9.61 Å². The Kier molecular flexibility index (Phi) is 1.82. The van der Waals surface area contributed by atoms with Crippen molar-refractivity contribution in [3.8, 4) is 0 Å². The highest BCUT2D eigenvalue weighted by atomic mass is 19.4. The molecule has 0 aromatic carbocycles. The van der Waals surface area contributed by atoms with Crippen LogP contribution in [0.3, 0.4) is 0 Å². The summed E-state index contributed by atoms with van der Waals surface area (Å²) in [5.74, 6) is -0.474. The Morgan fingerprint density at radius 3 is 2.73 bits per heavy atom. The average molecular weight is 219 g/mol. The SMILES string of the molecule is Cc1c(C(F)(F)F)nc2ocnn2c1=O. The molecule has 0 saturated heterocycles. The first kappa shape index (κ1) is 9.69. The second-order valence-corrected chi connectivity index (χ2v) is 2.82. The van der Waals surface area contributed by atoms with Crippen LogP contribution in [0.4, 0.5) is 13.2 Å². The lowest BCUT2D eigenvalue weighted by Gasteiger charge is -2.06. The first-order chi connectivity index (χ1) is 6.91. The molecule has 2 aromatic rings. The van der Waals surface area contributed by atoms with E-state index in [9.17, 15) is 18.0 Å². The van der Waals surface area contributed by atoms with Crippen molar-refractivity contribution < 1.29 is 17.6 Å². The van der Waals surface area contributed by atoms with Crippen LogP contribution in [0.15, 0.2) is 15.6 Å². The first-order valence-electron chi connectivity index (χ1n) is 3.81. The van der Waals surface area contributed by atoms with Gasteiger partial charge in [-0.2, -0.15) is 18.2 Å². The Labute approximate surface area is 80.2 Å². The molecular formula is C7H4F3N3O2. The fraction of sp³-hybridized carbons (Fsp3) is 0.286. The molecule has 0 aliphatic heterocycles. The van der Waals surface area contributed by atoms with Gasteiger partial charge >= 0.3 is 12.0 Å². The second kappa shape index (κ2) is 2.81. The van der Waals surface area contributed by atoms with Crippen molar-refractivity contribution in [1.82, 2.24) is 14.6 Å². The molecule has 0 fully saturated rings. The molecule has 80 valence electrons. The number of hydrogen-bond donors (Lipinski definition) is 0. The monoisotopic (exact) mass is 219 g/mol. The molecule has 0 aliphatic rings. The van der Waals surface area contributed by atoms with Gasteiger partial charge in [-0.25, -0.2) is 0 Å². The van der Waals surface area contributed by atoms with Crippen molar-refractivity contribution in [3.63, 3.8) is 0 Å². The summed E-state index contributed by atoms with van der Waals surface area (Å²) in [5, 5.41) is 3.41. The quantitative estimate of drug-likeness (QED) is 0.663. The maximum absolute atomic E-state index is 12.4. The number of rotatable bonds is 0. The molecule has 0 aliphatic carbocycles. The molecule has 0 saturated carbocycles. The number of nitrogens with zero attached hydrogens (tertiary/aromatic N) is 3. The summed E-state index contributed by atoms with van der Waals surface area (Å²) in [6.07, 6.45) is -3.83. The van der Waals surface area contributed by atoms with E-state index in [0.29, 0.717) is 4.52 Å². The van der Waals surface area contributed by atoms with Crippen molar-refractivity contribution in [2.75, 3.05) is 0 Å². The third-order valence-electron chi connectivity index (χ3n) is 1.85. The van der Waals surface area contributed by atoms with Gasteiger partial charge in [0, 0.05) is 5.56 Å². The van der Waals surface area contributed by atoms with E-state index in [0.717, 1.165) is 13.3 Å². The van der Waals surface area contributed by atoms with Gasteiger partial charge in [-0.1, -0.05) is 0 Å². The molecule has 0 spiro atoms. The first-order valence-corrected chi connectivity index (χ1v) is 3.81. The smallest absolute Gasteiger partial charge is 0.410 e. The van der Waals surface area contributed by atoms with Gasteiger partial charge in [0.05, 0.1) is 0 Å². The van der Waals surface area contributed by atoms with Gasteiger partial charge in [0.25, 0.3) is 5.56 Å². The Hall–Kier alpha value is -1.86. The Bertz CT molecular complexity index is 569. The zero-order valence-electron chi connectivity index (χ0n) is 7.37. The fourth-order valence-corrected chi connectivity index (χ4v) is 1.15. The van der Waals surface area contributed by atoms with Gasteiger partial charge in [0.2, 0.25) is 6.39 Å². The van der Waals surface area contributed by atoms with E-state index >= 15 is 0 Å². The van der Waals surface area contributed by atoms with Crippen LogP contribution < -0.4 is 5.56 Å². The Morgan fingerprint density at radius 1 is 1.47 bits per heavy atom. The van der Waals surface area contributed by atoms with Crippen molar-refractivity contribution in [2.45, 2.75) is 13.1 Å². The second-order valence-electron chi connectivity index (χ2n) is 2.82. The normalized spacial score (nSPS) is 12.3. The van der Waals surface area contributed by atoms with E-state index in [-0.39, 0.29) is 0 Å². The van der Waals surface area contributed by atoms with Gasteiger partial charge in [0.1, 0.15) is 0 Å². The number of fused-ring (bicyclic) bond motifs is 1. The van der Waals surface area contributed by atoms with Crippen molar-refractivity contribution >= 4 is 5.84 Å². The summed E-state index contributed by atoms with van der Waals surface area (Å²) in [7, 11) is 0. The topological polar surface area (TPSA) is 60.4 Å². The van der Waals surface area contributed by atoms with Gasteiger partial charge < -0.3 is 4.42 Å². The highest BCUT2D eigenvalue weighted by molar-refractivity contribution is 5.29. The molecule has 8 heteroatoms. The lowest BCUT2D eigenvalue weighted by molar-refractivity contribution is -0.141. The van der Waals surface area contributed by atoms with E-state index in [2.05, 4.69) is 14.5 Å². The summed E-state index contributed by atoms with van der Waals surface area (Å²) in [6.45, 7) is 1.04. The third-order valence-corrected chi connectivity index (χ3v) is 1.85. The lowest BCUT2D eigenvalue weighted by Crippen LogP contribution is -2.24. The summed E-state index contributed by atoms with van der Waals surface area (Å²) < 4.78 is 42.4. The maximum atomic E-state index is 12.4. The maximum Gasteiger partial charge on any atom is 0.434 e. The predicted octanol–water partition coefficient (Wildman–Crippen LogP) is 1.01. The van der Waals surface area contributed by atoms with Crippen LogP contribution in [0.5, 0.6) is 0 Å². The van der Waals surface area contributed by atoms with E-state index < -0.39 is 28.8 Å². The predicted molar refractivity (Wildman–Crippen MR) is 41.3 cm³/mol. The molecule has 5 nitrogen and oxygen atoms in total. The van der Waals surface area contributed by atoms with Crippen LogP contribution in [-0.2, 0) is 6.18 Å². The van der Waals surface area contributed by atoms with E-state index in [1.165, 1.54) is 0 Å². The minimum atomic E-state index is -4.68. The minimum absolute atomic E-state index is 0.474. The molecule has 15 heavy (non-hydrogen) atoms. The highest BCUT2D eigenvalue weighted by Crippen LogP contribution is 2.28. The van der Waals surface area contributed by atoms with E-state index in [4.69, 9.17) is 0 Å². The molecule has 0 atom stereocenters. The van der Waals surface area contributed by atoms with Gasteiger partial charge in [0.15, 0.2) is 5.69 Å². The summed E-state index contributed by atoms with van der Waals surface area (Å²) in [5.41, 5.74) is -2.64. The summed E-state index contributed by atoms with van der Waals surface area (Å²) in [4.78, 5) is 14.5. The fourth-order valence-electron chi connectivity index (χ4n) is 1.15. The standard InChI is InChI=1S/C7H4F3N3O2/c1-3-4(7(8,9)10)12-6-13(5(3)14)11-2-15-6/h2H,1H3. The molecule has 2 heterocycles. The zero-order valence-corrected chi connectivity index (χ0v) is 7.37. The molecule has 0 unspecified atom stereocenters. The van der Waals surface area contributed by atoms with Gasteiger partial charge in [-0.05, 0) is 6.92 Å². The lowest BCUT2D eigenvalue weighted by atomic mass is 10.2. The van der Waals surface area contributed by atoms with Crippen LogP contribution in [0, 0.1) is 6.92 Å². The zero-order chi connectivity index (χ0) is 11.2. The number of alkyl halides is 3. The number of halogens is 3. The minimum Gasteiger partial charge on any atom is -0.410 e. The van der Waals surface area contributed by atoms with Crippen LogP contribution >= 0.6 is 0 Å². The molecule has 0 N–H and O–H groups in total. The summed E-state index contributed by atoms with van der Waals surface area (Å²) in [6, 6.07) is 0. The molecule has 2 rings (SSSR count). The molecule has 0 amide bonds. The molecular weight excluding hydrogens is 215 g/mol. The average Bonchev–Trinajstić information content (AvgIpc) is 2.57. The van der Waals surface area contributed by atoms with Crippen LogP contribution in [0.25, 0.3) is 5.84 Å². The van der Waals surface area contributed by atoms with Gasteiger partial charge in [-0.3, -0.25) is 4.79 Å². The largest absolute Gasteiger partial charge is 0.434 e. The van der Waals surface area contributed by atoms with Crippen molar-refractivity contribution in [2.24, 2.45) is 0 Å². The highest BCUT2D eigenvalue weighted by Gasteiger charge is 2.36. The number of hydrogen-bond acceptors (Lipinski definition) is 4. The molecule has 2 aromatic heterocycles. The number of aromatic nitrogens is 3. The van der Waals surface area contributed by atoms with E-state index in [1.807, 2.05) is 0 Å². The van der Waals surface area contributed by atoms with Crippen LogP contribution in [0.2, 0.25) is 0 Å².